The Hall–Kier alpha value is -1.55. The van der Waals surface area contributed by atoms with Gasteiger partial charge in [0.1, 0.15) is 0 Å². The fourth-order valence-electron chi connectivity index (χ4n) is 2.67. The van der Waals surface area contributed by atoms with Gasteiger partial charge in [0.2, 0.25) is 0 Å². The highest BCUT2D eigenvalue weighted by molar-refractivity contribution is 5.99. The van der Waals surface area contributed by atoms with E-state index in [1.807, 2.05) is 24.3 Å². The summed E-state index contributed by atoms with van der Waals surface area (Å²) in [5.41, 5.74) is 1.60. The van der Waals surface area contributed by atoms with Crippen molar-refractivity contribution in [2.45, 2.75) is 51.3 Å². The number of hydrogen-bond donors (Lipinski definition) is 2. The Morgan fingerprint density at radius 1 is 1.30 bits per heavy atom. The average molecular weight is 276 g/mol. The molecule has 4 nitrogen and oxygen atoms in total. The predicted octanol–water partition coefficient (Wildman–Crippen LogP) is 2.80. The van der Waals surface area contributed by atoms with Crippen LogP contribution in [0.15, 0.2) is 24.3 Å². The summed E-state index contributed by atoms with van der Waals surface area (Å²) < 4.78 is 5.34. The van der Waals surface area contributed by atoms with Crippen LogP contribution in [0.2, 0.25) is 0 Å². The number of amides is 1. The van der Waals surface area contributed by atoms with Crippen LogP contribution in [0.25, 0.3) is 0 Å². The molecule has 2 rings (SSSR count). The molecule has 0 aliphatic heterocycles. The molecule has 1 aromatic rings. The molecule has 0 heterocycles. The molecule has 1 aromatic carbocycles. The van der Waals surface area contributed by atoms with E-state index in [9.17, 15) is 4.79 Å². The highest BCUT2D eigenvalue weighted by Gasteiger charge is 2.26. The predicted molar refractivity (Wildman–Crippen MR) is 81.1 cm³/mol. The SMILES string of the molecule is COC1CCC(NC(=O)c2ccccc2NC(C)C)C1. The van der Waals surface area contributed by atoms with Crippen molar-refractivity contribution in [2.24, 2.45) is 0 Å². The van der Waals surface area contributed by atoms with Gasteiger partial charge in [-0.15, -0.1) is 0 Å². The molecule has 1 amide bonds. The Morgan fingerprint density at radius 3 is 2.70 bits per heavy atom. The minimum atomic E-state index is -0.00416. The number of anilines is 1. The number of para-hydroxylation sites is 1. The monoisotopic (exact) mass is 276 g/mol. The van der Waals surface area contributed by atoms with Crippen LogP contribution in [0, 0.1) is 0 Å². The van der Waals surface area contributed by atoms with Gasteiger partial charge in [0.05, 0.1) is 11.7 Å². The number of methoxy groups -OCH3 is 1. The molecule has 0 aromatic heterocycles. The van der Waals surface area contributed by atoms with Gasteiger partial charge in [0, 0.05) is 24.9 Å². The highest BCUT2D eigenvalue weighted by atomic mass is 16.5. The topological polar surface area (TPSA) is 50.4 Å². The average Bonchev–Trinajstić information content (AvgIpc) is 2.86. The van der Waals surface area contributed by atoms with Crippen molar-refractivity contribution in [3.05, 3.63) is 29.8 Å². The van der Waals surface area contributed by atoms with E-state index in [4.69, 9.17) is 4.74 Å². The first-order valence-corrected chi connectivity index (χ1v) is 7.29. The Labute approximate surface area is 120 Å². The Bertz CT molecular complexity index is 460. The second-order valence-electron chi connectivity index (χ2n) is 5.69. The van der Waals surface area contributed by atoms with Gasteiger partial charge in [0.15, 0.2) is 0 Å². The first-order valence-electron chi connectivity index (χ1n) is 7.29. The van der Waals surface area contributed by atoms with E-state index >= 15 is 0 Å². The summed E-state index contributed by atoms with van der Waals surface area (Å²) in [6.07, 6.45) is 3.20. The Kier molecular flexibility index (Phi) is 5.01. The number of benzene rings is 1. The molecule has 0 saturated heterocycles. The molecule has 0 bridgehead atoms. The molecule has 110 valence electrons. The summed E-state index contributed by atoms with van der Waals surface area (Å²) >= 11 is 0. The van der Waals surface area contributed by atoms with Crippen molar-refractivity contribution >= 4 is 11.6 Å². The molecule has 1 aliphatic rings. The molecule has 1 saturated carbocycles. The normalized spacial score (nSPS) is 22.0. The maximum atomic E-state index is 12.4. The third-order valence-electron chi connectivity index (χ3n) is 3.67. The minimum Gasteiger partial charge on any atom is -0.382 e. The van der Waals surface area contributed by atoms with Crippen molar-refractivity contribution in [3.63, 3.8) is 0 Å². The third-order valence-corrected chi connectivity index (χ3v) is 3.67. The summed E-state index contributed by atoms with van der Waals surface area (Å²) in [6.45, 7) is 4.13. The lowest BCUT2D eigenvalue weighted by molar-refractivity contribution is 0.0915. The summed E-state index contributed by atoms with van der Waals surface area (Å²) in [5.74, 6) is -0.00416. The number of carbonyl (C=O) groups excluding carboxylic acids is 1. The molecule has 1 aliphatic carbocycles. The smallest absolute Gasteiger partial charge is 0.253 e. The third kappa shape index (κ3) is 3.73. The van der Waals surface area contributed by atoms with Crippen LogP contribution in [0.5, 0.6) is 0 Å². The van der Waals surface area contributed by atoms with Crippen LogP contribution in [-0.2, 0) is 4.74 Å². The second-order valence-corrected chi connectivity index (χ2v) is 5.69. The molecule has 0 radical (unpaired) electrons. The number of hydrogen-bond acceptors (Lipinski definition) is 3. The summed E-state index contributed by atoms with van der Waals surface area (Å²) in [6, 6.07) is 8.17. The highest BCUT2D eigenvalue weighted by Crippen LogP contribution is 2.23. The Morgan fingerprint density at radius 2 is 2.05 bits per heavy atom. The van der Waals surface area contributed by atoms with Crippen LogP contribution < -0.4 is 10.6 Å². The first-order chi connectivity index (χ1) is 9.60. The van der Waals surface area contributed by atoms with Crippen LogP contribution >= 0.6 is 0 Å². The minimum absolute atomic E-state index is 0.00416. The molecular formula is C16H24N2O2. The van der Waals surface area contributed by atoms with Crippen LogP contribution in [-0.4, -0.2) is 31.2 Å². The largest absolute Gasteiger partial charge is 0.382 e. The zero-order chi connectivity index (χ0) is 14.5. The zero-order valence-corrected chi connectivity index (χ0v) is 12.5. The maximum Gasteiger partial charge on any atom is 0.253 e. The quantitative estimate of drug-likeness (QED) is 0.869. The number of nitrogens with one attached hydrogen (secondary N) is 2. The van der Waals surface area contributed by atoms with E-state index in [-0.39, 0.29) is 18.1 Å². The van der Waals surface area contributed by atoms with Crippen molar-refractivity contribution < 1.29 is 9.53 Å². The van der Waals surface area contributed by atoms with Crippen LogP contribution in [0.3, 0.4) is 0 Å². The van der Waals surface area contributed by atoms with E-state index < -0.39 is 0 Å². The fraction of sp³-hybridized carbons (Fsp3) is 0.562. The molecule has 4 heteroatoms. The first kappa shape index (κ1) is 14.9. The standard InChI is InChI=1S/C16H24N2O2/c1-11(2)17-15-7-5-4-6-14(15)16(19)18-12-8-9-13(10-12)20-3/h4-7,11-13,17H,8-10H2,1-3H3,(H,18,19). The van der Waals surface area contributed by atoms with Gasteiger partial charge in [-0.2, -0.15) is 0 Å². The zero-order valence-electron chi connectivity index (χ0n) is 12.5. The van der Waals surface area contributed by atoms with Gasteiger partial charge in [0.25, 0.3) is 5.91 Å². The van der Waals surface area contributed by atoms with Gasteiger partial charge in [-0.3, -0.25) is 4.79 Å². The van der Waals surface area contributed by atoms with Crippen molar-refractivity contribution in [2.75, 3.05) is 12.4 Å². The van der Waals surface area contributed by atoms with E-state index in [0.29, 0.717) is 11.6 Å². The van der Waals surface area contributed by atoms with E-state index in [1.165, 1.54) is 0 Å². The lowest BCUT2D eigenvalue weighted by Gasteiger charge is -2.17. The molecule has 20 heavy (non-hydrogen) atoms. The van der Waals surface area contributed by atoms with E-state index in [2.05, 4.69) is 24.5 Å². The van der Waals surface area contributed by atoms with Crippen molar-refractivity contribution in [1.82, 2.24) is 5.32 Å². The van der Waals surface area contributed by atoms with Crippen LogP contribution in [0.1, 0.15) is 43.5 Å². The van der Waals surface area contributed by atoms with E-state index in [1.54, 1.807) is 7.11 Å². The number of ether oxygens (including phenoxy) is 1. The number of carbonyl (C=O) groups is 1. The van der Waals surface area contributed by atoms with Gasteiger partial charge >= 0.3 is 0 Å². The summed E-state index contributed by atoms with van der Waals surface area (Å²) in [7, 11) is 1.73. The molecular weight excluding hydrogens is 252 g/mol. The number of rotatable bonds is 5. The van der Waals surface area contributed by atoms with Crippen molar-refractivity contribution in [3.8, 4) is 0 Å². The Balaban J connectivity index is 2.02. The molecule has 2 unspecified atom stereocenters. The van der Waals surface area contributed by atoms with Gasteiger partial charge in [-0.1, -0.05) is 12.1 Å². The summed E-state index contributed by atoms with van der Waals surface area (Å²) in [5, 5.41) is 6.43. The molecule has 2 N–H and O–H groups in total. The molecule has 0 spiro atoms. The lowest BCUT2D eigenvalue weighted by atomic mass is 10.1. The summed E-state index contributed by atoms with van der Waals surface area (Å²) in [4.78, 5) is 12.4. The van der Waals surface area contributed by atoms with Gasteiger partial charge in [-0.25, -0.2) is 0 Å². The van der Waals surface area contributed by atoms with E-state index in [0.717, 1.165) is 24.9 Å². The lowest BCUT2D eigenvalue weighted by Crippen LogP contribution is -2.34. The van der Waals surface area contributed by atoms with Gasteiger partial charge in [-0.05, 0) is 45.2 Å². The van der Waals surface area contributed by atoms with Gasteiger partial charge < -0.3 is 15.4 Å². The maximum absolute atomic E-state index is 12.4. The second kappa shape index (κ2) is 6.75. The fourth-order valence-corrected chi connectivity index (χ4v) is 2.67. The molecule has 1 fully saturated rings. The molecule has 2 atom stereocenters. The van der Waals surface area contributed by atoms with Crippen molar-refractivity contribution in [1.29, 1.82) is 0 Å². The van der Waals surface area contributed by atoms with Crippen LogP contribution in [0.4, 0.5) is 5.69 Å².